The molecule has 42 heavy (non-hydrogen) atoms. The Kier molecular flexibility index (Phi) is 10.3. The Hall–Kier alpha value is -3.27. The number of aryl methyl sites for hydroxylation is 1. The molecule has 9 heteroatoms. The summed E-state index contributed by atoms with van der Waals surface area (Å²) < 4.78 is 2.31. The molecule has 4 heterocycles. The summed E-state index contributed by atoms with van der Waals surface area (Å²) in [7, 11) is 0. The minimum Gasteiger partial charge on any atom is -0.478 e. The van der Waals surface area contributed by atoms with Crippen LogP contribution < -0.4 is 0 Å². The van der Waals surface area contributed by atoms with Gasteiger partial charge in [0.2, 0.25) is 0 Å². The Morgan fingerprint density at radius 1 is 1.02 bits per heavy atom. The number of hydrogen-bond acceptors (Lipinski definition) is 6. The average Bonchev–Trinajstić information content (AvgIpc) is 3.72. The standard InChI is InChI=1S/C33H47N7O2/c1-27(2)22-37-18-10-33(11-19-37)12-20-38(26-33)16-3-17-40-21-15-36-31(40)25-39(24-30-34-13-14-35-30)23-29-6-4-28(5-7-29)8-9-32(41)42/h4-9,13-15,21,27H,3,10-12,16-20,22-26H2,1-2H3,(H,34,35)(H,41,42). The Bertz CT molecular complexity index is 1270. The first kappa shape index (κ1) is 30.2. The molecule has 0 bridgehead atoms. The van der Waals surface area contributed by atoms with Crippen molar-refractivity contribution in [1.29, 1.82) is 0 Å². The van der Waals surface area contributed by atoms with Crippen molar-refractivity contribution in [2.45, 2.75) is 65.7 Å². The summed E-state index contributed by atoms with van der Waals surface area (Å²) in [5.41, 5.74) is 2.57. The molecule has 0 saturated carbocycles. The molecule has 2 aliphatic heterocycles. The number of rotatable bonds is 14. The molecule has 1 aromatic carbocycles. The largest absolute Gasteiger partial charge is 0.478 e. The van der Waals surface area contributed by atoms with Gasteiger partial charge in [0.15, 0.2) is 0 Å². The number of hydrogen-bond donors (Lipinski definition) is 2. The van der Waals surface area contributed by atoms with Crippen molar-refractivity contribution in [2.75, 3.05) is 39.3 Å². The van der Waals surface area contributed by atoms with Crippen molar-refractivity contribution in [3.8, 4) is 0 Å². The third-order valence-corrected chi connectivity index (χ3v) is 8.83. The summed E-state index contributed by atoms with van der Waals surface area (Å²) in [5.74, 6) is 1.80. The Balaban J connectivity index is 1.13. The molecule has 2 aromatic heterocycles. The second-order valence-corrected chi connectivity index (χ2v) is 12.7. The van der Waals surface area contributed by atoms with Crippen molar-refractivity contribution >= 4 is 12.0 Å². The van der Waals surface area contributed by atoms with E-state index in [0.717, 1.165) is 60.8 Å². The first-order chi connectivity index (χ1) is 20.4. The zero-order valence-electron chi connectivity index (χ0n) is 25.3. The lowest BCUT2D eigenvalue weighted by Gasteiger charge is -2.40. The molecule has 0 aliphatic carbocycles. The van der Waals surface area contributed by atoms with E-state index >= 15 is 0 Å². The average molecular weight is 574 g/mol. The van der Waals surface area contributed by atoms with E-state index in [0.29, 0.717) is 18.5 Å². The van der Waals surface area contributed by atoms with E-state index in [4.69, 9.17) is 10.1 Å². The van der Waals surface area contributed by atoms with E-state index in [1.807, 2.05) is 24.5 Å². The Labute approximate surface area is 250 Å². The molecule has 3 aromatic rings. The van der Waals surface area contributed by atoms with Crippen LogP contribution in [0, 0.1) is 11.3 Å². The van der Waals surface area contributed by atoms with Crippen LogP contribution in [0.3, 0.4) is 0 Å². The van der Waals surface area contributed by atoms with Gasteiger partial charge in [0.25, 0.3) is 0 Å². The number of nitrogens with one attached hydrogen (secondary N) is 1. The van der Waals surface area contributed by atoms with Gasteiger partial charge in [0.05, 0.1) is 13.1 Å². The molecule has 0 amide bonds. The van der Waals surface area contributed by atoms with Gasteiger partial charge in [-0.25, -0.2) is 14.8 Å². The van der Waals surface area contributed by atoms with Crippen LogP contribution in [0.1, 0.15) is 62.3 Å². The highest BCUT2D eigenvalue weighted by Crippen LogP contribution is 2.40. The van der Waals surface area contributed by atoms with Gasteiger partial charge in [-0.05, 0) is 80.4 Å². The highest BCUT2D eigenvalue weighted by molar-refractivity contribution is 5.85. The van der Waals surface area contributed by atoms with Crippen LogP contribution in [0.4, 0.5) is 0 Å². The number of benzene rings is 1. The molecule has 226 valence electrons. The van der Waals surface area contributed by atoms with Gasteiger partial charge < -0.3 is 24.5 Å². The fourth-order valence-corrected chi connectivity index (χ4v) is 6.64. The summed E-state index contributed by atoms with van der Waals surface area (Å²) in [6, 6.07) is 8.02. The minimum atomic E-state index is -0.943. The summed E-state index contributed by atoms with van der Waals surface area (Å²) in [6.45, 7) is 15.2. The Morgan fingerprint density at radius 3 is 2.48 bits per heavy atom. The number of imidazole rings is 2. The first-order valence-corrected chi connectivity index (χ1v) is 15.5. The number of piperidine rings is 1. The quantitative estimate of drug-likeness (QED) is 0.269. The van der Waals surface area contributed by atoms with Crippen LogP contribution in [0.15, 0.2) is 55.1 Å². The second kappa shape index (κ2) is 14.3. The number of aliphatic carboxylic acids is 1. The molecule has 5 rings (SSSR count). The molecular formula is C33H47N7O2. The third-order valence-electron chi connectivity index (χ3n) is 8.83. The molecule has 2 N–H and O–H groups in total. The maximum atomic E-state index is 10.8. The molecule has 0 radical (unpaired) electrons. The van der Waals surface area contributed by atoms with Gasteiger partial charge in [-0.1, -0.05) is 38.1 Å². The normalized spacial score (nSPS) is 17.8. The Morgan fingerprint density at radius 2 is 1.79 bits per heavy atom. The lowest BCUT2D eigenvalue weighted by Crippen LogP contribution is -2.42. The van der Waals surface area contributed by atoms with Crippen LogP contribution in [-0.2, 0) is 31.0 Å². The summed E-state index contributed by atoms with van der Waals surface area (Å²) in [6.07, 6.45) is 15.6. The fraction of sp³-hybridized carbons (Fsp3) is 0.545. The second-order valence-electron chi connectivity index (χ2n) is 12.7. The lowest BCUT2D eigenvalue weighted by molar-refractivity contribution is -0.131. The van der Waals surface area contributed by atoms with Crippen LogP contribution in [-0.4, -0.2) is 84.6 Å². The predicted molar refractivity (Wildman–Crippen MR) is 165 cm³/mol. The maximum absolute atomic E-state index is 10.8. The van der Waals surface area contributed by atoms with Crippen molar-refractivity contribution in [3.05, 3.63) is 77.9 Å². The number of carboxylic acids is 1. The number of nitrogens with zero attached hydrogens (tertiary/aromatic N) is 6. The summed E-state index contributed by atoms with van der Waals surface area (Å²) in [5, 5.41) is 8.89. The van der Waals surface area contributed by atoms with Crippen molar-refractivity contribution in [1.82, 2.24) is 34.2 Å². The van der Waals surface area contributed by atoms with Gasteiger partial charge in [-0.2, -0.15) is 0 Å². The van der Waals surface area contributed by atoms with Crippen LogP contribution >= 0.6 is 0 Å². The number of carboxylic acid groups (broad SMARTS) is 1. The SMILES string of the molecule is CC(C)CN1CCC2(CC1)CCN(CCCn1ccnc1CN(Cc1ccc(C=CC(=O)O)cc1)Cc1ncc[nH]1)C2. The van der Waals surface area contributed by atoms with Gasteiger partial charge in [-0.15, -0.1) is 0 Å². The number of aromatic nitrogens is 4. The van der Waals surface area contributed by atoms with Crippen molar-refractivity contribution < 1.29 is 9.90 Å². The third kappa shape index (κ3) is 8.63. The smallest absolute Gasteiger partial charge is 0.328 e. The number of H-pyrrole nitrogens is 1. The van der Waals surface area contributed by atoms with Gasteiger partial charge >= 0.3 is 5.97 Å². The van der Waals surface area contributed by atoms with Crippen LogP contribution in [0.25, 0.3) is 6.08 Å². The van der Waals surface area contributed by atoms with E-state index in [2.05, 4.69) is 61.4 Å². The zero-order chi connectivity index (χ0) is 29.4. The highest BCUT2D eigenvalue weighted by atomic mass is 16.4. The lowest BCUT2D eigenvalue weighted by atomic mass is 9.77. The van der Waals surface area contributed by atoms with Crippen LogP contribution in [0.5, 0.6) is 0 Å². The van der Waals surface area contributed by atoms with E-state index in [-0.39, 0.29) is 0 Å². The van der Waals surface area contributed by atoms with Crippen molar-refractivity contribution in [2.24, 2.45) is 11.3 Å². The van der Waals surface area contributed by atoms with E-state index < -0.39 is 5.97 Å². The molecule has 2 fully saturated rings. The maximum Gasteiger partial charge on any atom is 0.328 e. The fourth-order valence-electron chi connectivity index (χ4n) is 6.64. The van der Waals surface area contributed by atoms with E-state index in [1.165, 1.54) is 52.0 Å². The number of aromatic amines is 1. The number of likely N-dealkylation sites (tertiary alicyclic amines) is 2. The summed E-state index contributed by atoms with van der Waals surface area (Å²) in [4.78, 5) is 31.0. The zero-order valence-corrected chi connectivity index (χ0v) is 25.3. The summed E-state index contributed by atoms with van der Waals surface area (Å²) >= 11 is 0. The monoisotopic (exact) mass is 573 g/mol. The van der Waals surface area contributed by atoms with Crippen molar-refractivity contribution in [3.63, 3.8) is 0 Å². The molecule has 1 spiro atoms. The molecule has 0 unspecified atom stereocenters. The van der Waals surface area contributed by atoms with E-state index in [1.54, 1.807) is 12.3 Å². The molecule has 2 saturated heterocycles. The molecular weight excluding hydrogens is 526 g/mol. The van der Waals surface area contributed by atoms with Crippen LogP contribution in [0.2, 0.25) is 0 Å². The predicted octanol–water partition coefficient (Wildman–Crippen LogP) is 4.74. The highest BCUT2D eigenvalue weighted by Gasteiger charge is 2.40. The van der Waals surface area contributed by atoms with Gasteiger partial charge in [-0.3, -0.25) is 4.90 Å². The van der Waals surface area contributed by atoms with E-state index in [9.17, 15) is 4.79 Å². The minimum absolute atomic E-state index is 0.546. The molecule has 2 aliphatic rings. The number of carbonyl (C=O) groups is 1. The topological polar surface area (TPSA) is 93.5 Å². The van der Waals surface area contributed by atoms with Gasteiger partial charge in [0, 0.05) is 57.0 Å². The molecule has 0 atom stereocenters. The first-order valence-electron chi connectivity index (χ1n) is 15.5. The van der Waals surface area contributed by atoms with Gasteiger partial charge in [0.1, 0.15) is 11.6 Å². The molecule has 9 nitrogen and oxygen atoms in total.